The Bertz CT molecular complexity index is 427. The third-order valence-electron chi connectivity index (χ3n) is 3.27. The highest BCUT2D eigenvalue weighted by molar-refractivity contribution is 6.11. The van der Waals surface area contributed by atoms with Crippen molar-refractivity contribution in [3.63, 3.8) is 0 Å². The van der Waals surface area contributed by atoms with E-state index in [1.54, 1.807) is 6.26 Å². The van der Waals surface area contributed by atoms with Gasteiger partial charge < -0.3 is 4.74 Å². The van der Waals surface area contributed by atoms with Crippen molar-refractivity contribution in [1.29, 1.82) is 0 Å². The Labute approximate surface area is 137 Å². The average molecular weight is 306 g/mol. The molecule has 1 rings (SSSR count). The summed E-state index contributed by atoms with van der Waals surface area (Å²) in [5.41, 5.74) is 2.37. The first-order valence-corrected chi connectivity index (χ1v) is 8.38. The minimum absolute atomic E-state index is 0.161. The van der Waals surface area contributed by atoms with Crippen LogP contribution in [0.2, 0.25) is 0 Å². The van der Waals surface area contributed by atoms with Gasteiger partial charge in [0.15, 0.2) is 5.78 Å². The Hall–Kier alpha value is -1.31. The van der Waals surface area contributed by atoms with Gasteiger partial charge in [0.1, 0.15) is 0 Å². The van der Waals surface area contributed by atoms with Crippen LogP contribution in [0.3, 0.4) is 0 Å². The zero-order valence-corrected chi connectivity index (χ0v) is 16.0. The Morgan fingerprint density at radius 2 is 1.36 bits per heavy atom. The highest BCUT2D eigenvalue weighted by Crippen LogP contribution is 2.38. The standard InChI is InChI=1S/C18H28O2.C2H6/c1-8-9-20-12-13-10-14(17(2,3)4)16(19)15(11-13)18(5,6)7;1-2/h10-12H,8-9H2,1-7H3;1-2H3. The first-order valence-electron chi connectivity index (χ1n) is 8.38. The molecule has 0 aromatic rings. The maximum Gasteiger partial charge on any atom is 0.186 e. The maximum absolute atomic E-state index is 12.7. The van der Waals surface area contributed by atoms with Crippen molar-refractivity contribution in [2.24, 2.45) is 10.8 Å². The van der Waals surface area contributed by atoms with Crippen LogP contribution in [0.5, 0.6) is 0 Å². The highest BCUT2D eigenvalue weighted by atomic mass is 16.5. The molecule has 0 saturated carbocycles. The van der Waals surface area contributed by atoms with E-state index >= 15 is 0 Å². The second-order valence-corrected chi connectivity index (χ2v) is 7.43. The summed E-state index contributed by atoms with van der Waals surface area (Å²) >= 11 is 0. The predicted molar refractivity (Wildman–Crippen MR) is 95.8 cm³/mol. The monoisotopic (exact) mass is 306 g/mol. The molecule has 0 N–H and O–H groups in total. The first kappa shape index (κ1) is 20.7. The predicted octanol–water partition coefficient (Wildman–Crippen LogP) is 5.85. The fourth-order valence-electron chi connectivity index (χ4n) is 2.11. The lowest BCUT2D eigenvalue weighted by Gasteiger charge is -2.31. The second kappa shape index (κ2) is 8.36. The molecule has 0 atom stereocenters. The first-order chi connectivity index (χ1) is 10.1. The van der Waals surface area contributed by atoms with Crippen molar-refractivity contribution in [2.75, 3.05) is 6.61 Å². The Morgan fingerprint density at radius 3 is 1.68 bits per heavy atom. The Morgan fingerprint density at radius 1 is 0.955 bits per heavy atom. The van der Waals surface area contributed by atoms with E-state index in [1.807, 2.05) is 26.0 Å². The number of ether oxygens (including phenoxy) is 1. The molecule has 0 radical (unpaired) electrons. The summed E-state index contributed by atoms with van der Waals surface area (Å²) in [5.74, 6) is 0.164. The number of hydrogen-bond acceptors (Lipinski definition) is 2. The van der Waals surface area contributed by atoms with E-state index in [1.165, 1.54) is 0 Å². The van der Waals surface area contributed by atoms with Gasteiger partial charge in [0, 0.05) is 16.7 Å². The van der Waals surface area contributed by atoms with Crippen LogP contribution in [0.4, 0.5) is 0 Å². The fraction of sp³-hybridized carbons (Fsp3) is 0.650. The molecular formula is C20H34O2. The van der Waals surface area contributed by atoms with Gasteiger partial charge in [-0.25, -0.2) is 0 Å². The maximum atomic E-state index is 12.7. The summed E-state index contributed by atoms with van der Waals surface area (Å²) < 4.78 is 5.52. The number of ketones is 1. The van der Waals surface area contributed by atoms with Gasteiger partial charge >= 0.3 is 0 Å². The molecule has 1 aliphatic carbocycles. The van der Waals surface area contributed by atoms with Crippen LogP contribution < -0.4 is 0 Å². The van der Waals surface area contributed by atoms with Crippen LogP contribution in [-0.2, 0) is 9.53 Å². The van der Waals surface area contributed by atoms with Crippen LogP contribution in [-0.4, -0.2) is 12.4 Å². The van der Waals surface area contributed by atoms with Crippen molar-refractivity contribution in [3.8, 4) is 0 Å². The summed E-state index contributed by atoms with van der Waals surface area (Å²) in [4.78, 5) is 12.7. The average Bonchev–Trinajstić information content (AvgIpc) is 2.40. The van der Waals surface area contributed by atoms with Gasteiger partial charge in [-0.2, -0.15) is 0 Å². The van der Waals surface area contributed by atoms with Gasteiger partial charge in [-0.1, -0.05) is 62.3 Å². The molecule has 22 heavy (non-hydrogen) atoms. The van der Waals surface area contributed by atoms with Gasteiger partial charge in [0.2, 0.25) is 0 Å². The lowest BCUT2D eigenvalue weighted by molar-refractivity contribution is -0.114. The van der Waals surface area contributed by atoms with Crippen molar-refractivity contribution in [2.45, 2.75) is 68.7 Å². The Balaban J connectivity index is 0.00000211. The number of hydrogen-bond donors (Lipinski definition) is 0. The van der Waals surface area contributed by atoms with Gasteiger partial charge in [0.25, 0.3) is 0 Å². The summed E-state index contributed by atoms with van der Waals surface area (Å²) in [7, 11) is 0. The molecule has 0 aromatic heterocycles. The van der Waals surface area contributed by atoms with Crippen LogP contribution in [0.1, 0.15) is 68.7 Å². The van der Waals surface area contributed by atoms with Gasteiger partial charge in [-0.3, -0.25) is 4.79 Å². The molecule has 0 amide bonds. The molecule has 0 heterocycles. The zero-order chi connectivity index (χ0) is 17.6. The molecule has 0 bridgehead atoms. The van der Waals surface area contributed by atoms with Crippen LogP contribution >= 0.6 is 0 Å². The minimum Gasteiger partial charge on any atom is -0.501 e. The molecular weight excluding hydrogens is 272 g/mol. The molecule has 0 fully saturated rings. The van der Waals surface area contributed by atoms with E-state index in [-0.39, 0.29) is 16.6 Å². The number of carbonyl (C=O) groups excluding carboxylic acids is 1. The van der Waals surface area contributed by atoms with Crippen molar-refractivity contribution < 1.29 is 9.53 Å². The van der Waals surface area contributed by atoms with E-state index in [2.05, 4.69) is 48.5 Å². The fourth-order valence-corrected chi connectivity index (χ4v) is 2.11. The van der Waals surface area contributed by atoms with Gasteiger partial charge in [-0.05, 0) is 29.4 Å². The van der Waals surface area contributed by atoms with E-state index in [0.29, 0.717) is 6.61 Å². The largest absolute Gasteiger partial charge is 0.501 e. The van der Waals surface area contributed by atoms with E-state index in [0.717, 1.165) is 23.1 Å². The summed E-state index contributed by atoms with van der Waals surface area (Å²) in [6.07, 6.45) is 6.68. The molecule has 0 spiro atoms. The van der Waals surface area contributed by atoms with E-state index < -0.39 is 0 Å². The number of Topliss-reactive ketones (excluding diaryl/α,β-unsaturated/α-hetero) is 1. The quantitative estimate of drug-likeness (QED) is 0.483. The lowest BCUT2D eigenvalue weighted by Crippen LogP contribution is -2.27. The topological polar surface area (TPSA) is 26.3 Å². The third-order valence-corrected chi connectivity index (χ3v) is 3.27. The van der Waals surface area contributed by atoms with E-state index in [9.17, 15) is 4.79 Å². The summed E-state index contributed by atoms with van der Waals surface area (Å²) in [5, 5.41) is 0. The molecule has 2 heteroatoms. The van der Waals surface area contributed by atoms with Gasteiger partial charge in [0.05, 0.1) is 12.9 Å². The van der Waals surface area contributed by atoms with Crippen LogP contribution in [0, 0.1) is 10.8 Å². The molecule has 126 valence electrons. The lowest BCUT2D eigenvalue weighted by atomic mass is 9.72. The van der Waals surface area contributed by atoms with Crippen LogP contribution in [0.25, 0.3) is 0 Å². The molecule has 0 saturated heterocycles. The highest BCUT2D eigenvalue weighted by Gasteiger charge is 2.33. The van der Waals surface area contributed by atoms with Crippen molar-refractivity contribution in [1.82, 2.24) is 0 Å². The summed E-state index contributed by atoms with van der Waals surface area (Å²) in [6.45, 7) is 19.2. The van der Waals surface area contributed by atoms with Crippen LogP contribution in [0.15, 0.2) is 35.1 Å². The summed E-state index contributed by atoms with van der Waals surface area (Å²) in [6, 6.07) is 0. The van der Waals surface area contributed by atoms with Crippen molar-refractivity contribution >= 4 is 5.78 Å². The number of allylic oxidation sites excluding steroid dienone is 5. The SMILES string of the molecule is CC.CCCOC=C1C=C(C(C)(C)C)C(=O)C(C(C)(C)C)=C1. The smallest absolute Gasteiger partial charge is 0.186 e. The minimum atomic E-state index is -0.161. The number of rotatable bonds is 3. The van der Waals surface area contributed by atoms with E-state index in [4.69, 9.17) is 4.74 Å². The normalized spacial score (nSPS) is 15.5. The molecule has 0 unspecified atom stereocenters. The Kier molecular flexibility index (Phi) is 7.86. The van der Waals surface area contributed by atoms with Crippen molar-refractivity contribution in [3.05, 3.63) is 35.1 Å². The number of carbonyl (C=O) groups is 1. The molecule has 0 aliphatic heterocycles. The molecule has 2 nitrogen and oxygen atoms in total. The molecule has 0 aromatic carbocycles. The van der Waals surface area contributed by atoms with Gasteiger partial charge in [-0.15, -0.1) is 0 Å². The third kappa shape index (κ3) is 5.82. The molecule has 1 aliphatic rings. The second-order valence-electron chi connectivity index (χ2n) is 7.43. The zero-order valence-electron chi connectivity index (χ0n) is 16.0.